The molecule has 1 aromatic rings. The summed E-state index contributed by atoms with van der Waals surface area (Å²) in [6.07, 6.45) is 3.10. The summed E-state index contributed by atoms with van der Waals surface area (Å²) < 4.78 is 11.0. The summed E-state index contributed by atoms with van der Waals surface area (Å²) in [6.45, 7) is 4.90. The SMILES string of the molecule is CCN(CC1CCCO1)C1Cc2ccc(OC)cc2C1O. The zero-order chi connectivity index (χ0) is 14.8. The third kappa shape index (κ3) is 2.93. The maximum Gasteiger partial charge on any atom is 0.119 e. The van der Waals surface area contributed by atoms with Crippen LogP contribution in [0.3, 0.4) is 0 Å². The third-order valence-electron chi connectivity index (χ3n) is 4.80. The van der Waals surface area contributed by atoms with Gasteiger partial charge in [-0.05, 0) is 49.1 Å². The molecule has 0 radical (unpaired) electrons. The lowest BCUT2D eigenvalue weighted by Crippen LogP contribution is -2.42. The van der Waals surface area contributed by atoms with Gasteiger partial charge in [0.25, 0.3) is 0 Å². The molecule has 3 rings (SSSR count). The molecule has 3 atom stereocenters. The molecule has 1 saturated heterocycles. The maximum atomic E-state index is 10.7. The van der Waals surface area contributed by atoms with Gasteiger partial charge in [0.15, 0.2) is 0 Å². The second kappa shape index (κ2) is 6.34. The van der Waals surface area contributed by atoms with Crippen molar-refractivity contribution >= 4 is 0 Å². The van der Waals surface area contributed by atoms with E-state index in [1.165, 1.54) is 5.56 Å². The Labute approximate surface area is 126 Å². The highest BCUT2D eigenvalue weighted by atomic mass is 16.5. The van der Waals surface area contributed by atoms with E-state index in [2.05, 4.69) is 17.9 Å². The molecular weight excluding hydrogens is 266 g/mol. The fourth-order valence-electron chi connectivity index (χ4n) is 3.58. The molecule has 1 aromatic carbocycles. The summed E-state index contributed by atoms with van der Waals surface area (Å²) in [5.41, 5.74) is 2.25. The number of likely N-dealkylation sites (N-methyl/N-ethyl adjacent to an activating group) is 1. The first kappa shape index (κ1) is 14.8. The van der Waals surface area contributed by atoms with E-state index in [0.717, 1.165) is 50.3 Å². The topological polar surface area (TPSA) is 41.9 Å². The lowest BCUT2D eigenvalue weighted by atomic mass is 10.1. The smallest absolute Gasteiger partial charge is 0.119 e. The van der Waals surface area contributed by atoms with E-state index >= 15 is 0 Å². The van der Waals surface area contributed by atoms with Crippen molar-refractivity contribution in [1.29, 1.82) is 0 Å². The molecule has 1 heterocycles. The van der Waals surface area contributed by atoms with Gasteiger partial charge in [0.2, 0.25) is 0 Å². The summed E-state index contributed by atoms with van der Waals surface area (Å²) in [5.74, 6) is 0.815. The number of aliphatic hydroxyl groups excluding tert-OH is 1. The van der Waals surface area contributed by atoms with Crippen molar-refractivity contribution in [2.45, 2.75) is 44.4 Å². The standard InChI is InChI=1S/C17H25NO3/c1-3-18(11-14-5-4-8-21-14)16-9-12-6-7-13(20-2)10-15(12)17(16)19/h6-7,10,14,16-17,19H,3-5,8-9,11H2,1-2H3. The van der Waals surface area contributed by atoms with Crippen LogP contribution in [0, 0.1) is 0 Å². The number of fused-ring (bicyclic) bond motifs is 1. The van der Waals surface area contributed by atoms with Crippen molar-refractivity contribution in [2.75, 3.05) is 26.8 Å². The van der Waals surface area contributed by atoms with Gasteiger partial charge >= 0.3 is 0 Å². The molecule has 4 nitrogen and oxygen atoms in total. The van der Waals surface area contributed by atoms with Crippen LogP contribution >= 0.6 is 0 Å². The Morgan fingerprint density at radius 3 is 2.95 bits per heavy atom. The van der Waals surface area contributed by atoms with Crippen LogP contribution in [0.5, 0.6) is 5.75 Å². The monoisotopic (exact) mass is 291 g/mol. The molecule has 1 fully saturated rings. The third-order valence-corrected chi connectivity index (χ3v) is 4.80. The minimum atomic E-state index is -0.434. The molecule has 0 aromatic heterocycles. The number of hydrogen-bond donors (Lipinski definition) is 1. The predicted octanol–water partition coefficient (Wildman–Crippen LogP) is 2.15. The average molecular weight is 291 g/mol. The van der Waals surface area contributed by atoms with Crippen molar-refractivity contribution in [3.05, 3.63) is 29.3 Å². The summed E-state index contributed by atoms with van der Waals surface area (Å²) >= 11 is 0. The number of aliphatic hydroxyl groups is 1. The van der Waals surface area contributed by atoms with Crippen molar-refractivity contribution in [1.82, 2.24) is 4.90 Å². The van der Waals surface area contributed by atoms with Gasteiger partial charge in [0, 0.05) is 19.2 Å². The van der Waals surface area contributed by atoms with Gasteiger partial charge in [-0.15, -0.1) is 0 Å². The highest BCUT2D eigenvalue weighted by molar-refractivity contribution is 5.41. The zero-order valence-corrected chi connectivity index (χ0v) is 12.9. The van der Waals surface area contributed by atoms with E-state index in [4.69, 9.17) is 9.47 Å². The number of nitrogens with zero attached hydrogens (tertiary/aromatic N) is 1. The molecule has 0 bridgehead atoms. The van der Waals surface area contributed by atoms with Crippen LogP contribution in [0.4, 0.5) is 0 Å². The van der Waals surface area contributed by atoms with Crippen molar-refractivity contribution < 1.29 is 14.6 Å². The van der Waals surface area contributed by atoms with E-state index in [9.17, 15) is 5.11 Å². The number of ether oxygens (including phenoxy) is 2. The molecule has 4 heteroatoms. The Balaban J connectivity index is 1.73. The number of rotatable bonds is 5. The largest absolute Gasteiger partial charge is 0.497 e. The fraction of sp³-hybridized carbons (Fsp3) is 0.647. The van der Waals surface area contributed by atoms with Gasteiger partial charge in [-0.2, -0.15) is 0 Å². The van der Waals surface area contributed by atoms with E-state index in [-0.39, 0.29) is 6.04 Å². The molecule has 3 unspecified atom stereocenters. The van der Waals surface area contributed by atoms with Gasteiger partial charge in [0.1, 0.15) is 5.75 Å². The predicted molar refractivity (Wildman–Crippen MR) is 81.7 cm³/mol. The van der Waals surface area contributed by atoms with Crippen molar-refractivity contribution in [2.24, 2.45) is 0 Å². The quantitative estimate of drug-likeness (QED) is 0.902. The Morgan fingerprint density at radius 2 is 2.29 bits per heavy atom. The van der Waals surface area contributed by atoms with Gasteiger partial charge in [-0.3, -0.25) is 4.90 Å². The highest BCUT2D eigenvalue weighted by Crippen LogP contribution is 2.37. The average Bonchev–Trinajstić information content (AvgIpc) is 3.13. The fourth-order valence-corrected chi connectivity index (χ4v) is 3.58. The minimum absolute atomic E-state index is 0.154. The van der Waals surface area contributed by atoms with Crippen LogP contribution in [0.2, 0.25) is 0 Å². The molecule has 2 aliphatic rings. The van der Waals surface area contributed by atoms with Crippen LogP contribution in [0.25, 0.3) is 0 Å². The second-order valence-electron chi connectivity index (χ2n) is 6.00. The Kier molecular flexibility index (Phi) is 4.48. The number of benzene rings is 1. The lowest BCUT2D eigenvalue weighted by Gasteiger charge is -2.31. The first-order chi connectivity index (χ1) is 10.2. The summed E-state index contributed by atoms with van der Waals surface area (Å²) in [6, 6.07) is 6.18. The molecule has 116 valence electrons. The normalized spacial score (nSPS) is 28.1. The molecule has 1 N–H and O–H groups in total. The van der Waals surface area contributed by atoms with Gasteiger partial charge in [-0.1, -0.05) is 13.0 Å². The van der Waals surface area contributed by atoms with E-state index < -0.39 is 6.10 Å². The first-order valence-corrected chi connectivity index (χ1v) is 7.93. The van der Waals surface area contributed by atoms with Crippen LogP contribution in [0.15, 0.2) is 18.2 Å². The summed E-state index contributed by atoms with van der Waals surface area (Å²) in [5, 5.41) is 10.7. The van der Waals surface area contributed by atoms with Gasteiger partial charge < -0.3 is 14.6 Å². The Hall–Kier alpha value is -1.10. The van der Waals surface area contributed by atoms with E-state index in [1.807, 2.05) is 12.1 Å². The lowest BCUT2D eigenvalue weighted by molar-refractivity contribution is 0.0199. The number of methoxy groups -OCH3 is 1. The highest BCUT2D eigenvalue weighted by Gasteiger charge is 2.36. The second-order valence-corrected chi connectivity index (χ2v) is 6.00. The Bertz CT molecular complexity index is 485. The van der Waals surface area contributed by atoms with Gasteiger partial charge in [-0.25, -0.2) is 0 Å². The maximum absolute atomic E-state index is 10.7. The van der Waals surface area contributed by atoms with Crippen molar-refractivity contribution in [3.63, 3.8) is 0 Å². The molecular formula is C17H25NO3. The van der Waals surface area contributed by atoms with Crippen molar-refractivity contribution in [3.8, 4) is 5.75 Å². The van der Waals surface area contributed by atoms with Crippen LogP contribution in [-0.4, -0.2) is 49.0 Å². The van der Waals surface area contributed by atoms with E-state index in [0.29, 0.717) is 6.10 Å². The summed E-state index contributed by atoms with van der Waals surface area (Å²) in [4.78, 5) is 2.37. The summed E-state index contributed by atoms with van der Waals surface area (Å²) in [7, 11) is 1.66. The molecule has 1 aliphatic carbocycles. The molecule has 1 aliphatic heterocycles. The molecule has 0 amide bonds. The zero-order valence-electron chi connectivity index (χ0n) is 12.9. The van der Waals surface area contributed by atoms with Crippen LogP contribution in [0.1, 0.15) is 37.0 Å². The van der Waals surface area contributed by atoms with Crippen LogP contribution in [-0.2, 0) is 11.2 Å². The minimum Gasteiger partial charge on any atom is -0.497 e. The number of hydrogen-bond acceptors (Lipinski definition) is 4. The molecule has 0 saturated carbocycles. The van der Waals surface area contributed by atoms with Gasteiger partial charge in [0.05, 0.1) is 19.3 Å². The van der Waals surface area contributed by atoms with E-state index in [1.54, 1.807) is 7.11 Å². The van der Waals surface area contributed by atoms with Crippen LogP contribution < -0.4 is 4.74 Å². The molecule has 0 spiro atoms. The molecule has 21 heavy (non-hydrogen) atoms. The first-order valence-electron chi connectivity index (χ1n) is 7.93. The Morgan fingerprint density at radius 1 is 1.43 bits per heavy atom.